The monoisotopic (exact) mass is 211 g/mol. The van der Waals surface area contributed by atoms with Crippen LogP contribution < -0.4 is 5.32 Å². The van der Waals surface area contributed by atoms with Gasteiger partial charge in [0.1, 0.15) is 0 Å². The van der Waals surface area contributed by atoms with Gasteiger partial charge in [0.05, 0.1) is 0 Å². The van der Waals surface area contributed by atoms with E-state index in [0.717, 1.165) is 6.42 Å². The Morgan fingerprint density at radius 2 is 1.87 bits per heavy atom. The summed E-state index contributed by atoms with van der Waals surface area (Å²) in [6.07, 6.45) is 10.2. The predicted molar refractivity (Wildman–Crippen MR) is 65.8 cm³/mol. The van der Waals surface area contributed by atoms with Crippen LogP contribution in [0.2, 0.25) is 0 Å². The van der Waals surface area contributed by atoms with E-state index in [4.69, 9.17) is 0 Å². The van der Waals surface area contributed by atoms with Crippen molar-refractivity contribution in [1.82, 2.24) is 5.32 Å². The molecule has 0 radical (unpaired) electrons. The highest BCUT2D eigenvalue weighted by atomic mass is 16.1. The van der Waals surface area contributed by atoms with Crippen molar-refractivity contribution in [3.63, 3.8) is 0 Å². The van der Waals surface area contributed by atoms with E-state index < -0.39 is 0 Å². The first-order chi connectivity index (χ1) is 7.20. The molecule has 1 amide bonds. The highest BCUT2D eigenvalue weighted by Crippen LogP contribution is 2.08. The van der Waals surface area contributed by atoms with Crippen molar-refractivity contribution < 1.29 is 4.79 Å². The summed E-state index contributed by atoms with van der Waals surface area (Å²) < 4.78 is 0. The van der Waals surface area contributed by atoms with Crippen LogP contribution in [0.25, 0.3) is 0 Å². The van der Waals surface area contributed by atoms with Gasteiger partial charge in [0.25, 0.3) is 0 Å². The molecular weight excluding hydrogens is 186 g/mol. The zero-order chi connectivity index (χ0) is 11.5. The Labute approximate surface area is 94.1 Å². The average Bonchev–Trinajstić information content (AvgIpc) is 2.23. The highest BCUT2D eigenvalue weighted by molar-refractivity contribution is 5.87. The second-order valence-corrected chi connectivity index (χ2v) is 4.17. The molecule has 88 valence electrons. The molecule has 0 aromatic rings. The minimum atomic E-state index is -0.0616. The SMILES string of the molecule is C=CC(=O)NC(C)CCCCCCCC. The van der Waals surface area contributed by atoms with Gasteiger partial charge in [0.15, 0.2) is 0 Å². The summed E-state index contributed by atoms with van der Waals surface area (Å²) in [4.78, 5) is 11.0. The summed E-state index contributed by atoms with van der Waals surface area (Å²) in [5.41, 5.74) is 0. The van der Waals surface area contributed by atoms with Gasteiger partial charge in [-0.05, 0) is 19.4 Å². The molecule has 2 nitrogen and oxygen atoms in total. The largest absolute Gasteiger partial charge is 0.350 e. The molecule has 0 aromatic carbocycles. The predicted octanol–water partition coefficient (Wildman–Crippen LogP) is 3.43. The van der Waals surface area contributed by atoms with Gasteiger partial charge >= 0.3 is 0 Å². The van der Waals surface area contributed by atoms with E-state index in [1.807, 2.05) is 6.92 Å². The molecule has 0 aliphatic rings. The minimum Gasteiger partial charge on any atom is -0.350 e. The van der Waals surface area contributed by atoms with Crippen LogP contribution in [-0.4, -0.2) is 11.9 Å². The molecule has 1 unspecified atom stereocenters. The van der Waals surface area contributed by atoms with Crippen LogP contribution in [0.5, 0.6) is 0 Å². The third-order valence-corrected chi connectivity index (χ3v) is 2.56. The summed E-state index contributed by atoms with van der Waals surface area (Å²) in [5, 5.41) is 2.87. The number of nitrogens with one attached hydrogen (secondary N) is 1. The van der Waals surface area contributed by atoms with Gasteiger partial charge in [0, 0.05) is 6.04 Å². The van der Waals surface area contributed by atoms with Crippen LogP contribution in [0.15, 0.2) is 12.7 Å². The maximum Gasteiger partial charge on any atom is 0.243 e. The lowest BCUT2D eigenvalue weighted by Gasteiger charge is -2.11. The molecule has 15 heavy (non-hydrogen) atoms. The molecule has 0 aliphatic carbocycles. The van der Waals surface area contributed by atoms with E-state index in [2.05, 4.69) is 18.8 Å². The van der Waals surface area contributed by atoms with E-state index >= 15 is 0 Å². The van der Waals surface area contributed by atoms with Gasteiger partial charge in [0.2, 0.25) is 5.91 Å². The second kappa shape index (κ2) is 9.75. The molecule has 0 aliphatic heterocycles. The quantitative estimate of drug-likeness (QED) is 0.459. The van der Waals surface area contributed by atoms with Crippen molar-refractivity contribution in [1.29, 1.82) is 0 Å². The van der Waals surface area contributed by atoms with Gasteiger partial charge in [-0.15, -0.1) is 0 Å². The number of hydrogen-bond donors (Lipinski definition) is 1. The third kappa shape index (κ3) is 9.51. The maximum absolute atomic E-state index is 11.0. The van der Waals surface area contributed by atoms with Crippen LogP contribution >= 0.6 is 0 Å². The van der Waals surface area contributed by atoms with Crippen LogP contribution in [0.1, 0.15) is 58.8 Å². The van der Waals surface area contributed by atoms with Crippen LogP contribution in [0, 0.1) is 0 Å². The van der Waals surface area contributed by atoms with Crippen molar-refractivity contribution in [3.8, 4) is 0 Å². The van der Waals surface area contributed by atoms with Crippen molar-refractivity contribution in [2.75, 3.05) is 0 Å². The summed E-state index contributed by atoms with van der Waals surface area (Å²) in [6, 6.07) is 0.279. The molecule has 0 saturated heterocycles. The van der Waals surface area contributed by atoms with Crippen LogP contribution in [-0.2, 0) is 4.79 Å². The maximum atomic E-state index is 11.0. The zero-order valence-electron chi connectivity index (χ0n) is 10.2. The third-order valence-electron chi connectivity index (χ3n) is 2.56. The van der Waals surface area contributed by atoms with Crippen molar-refractivity contribution >= 4 is 5.91 Å². The lowest BCUT2D eigenvalue weighted by Crippen LogP contribution is -2.30. The second-order valence-electron chi connectivity index (χ2n) is 4.17. The number of amides is 1. The van der Waals surface area contributed by atoms with Gasteiger partial charge in [-0.2, -0.15) is 0 Å². The Kier molecular flexibility index (Phi) is 9.24. The van der Waals surface area contributed by atoms with E-state index in [1.165, 1.54) is 44.6 Å². The Balaban J connectivity index is 3.27. The Hall–Kier alpha value is -0.790. The molecule has 0 fully saturated rings. The smallest absolute Gasteiger partial charge is 0.243 e. The van der Waals surface area contributed by atoms with Crippen LogP contribution in [0.3, 0.4) is 0 Å². The molecule has 0 aromatic heterocycles. The molecule has 2 heteroatoms. The summed E-state index contributed by atoms with van der Waals surface area (Å²) in [7, 11) is 0. The molecular formula is C13H25NO. The number of carbonyl (C=O) groups excluding carboxylic acids is 1. The number of unbranched alkanes of at least 4 members (excludes halogenated alkanes) is 5. The minimum absolute atomic E-state index is 0.0616. The fourth-order valence-electron chi connectivity index (χ4n) is 1.60. The molecule has 0 saturated carbocycles. The fraction of sp³-hybridized carbons (Fsp3) is 0.769. The van der Waals surface area contributed by atoms with Gasteiger partial charge in [-0.1, -0.05) is 52.0 Å². The number of hydrogen-bond acceptors (Lipinski definition) is 1. The normalized spacial score (nSPS) is 12.1. The zero-order valence-corrected chi connectivity index (χ0v) is 10.2. The van der Waals surface area contributed by atoms with E-state index in [0.29, 0.717) is 0 Å². The number of rotatable bonds is 9. The first-order valence-corrected chi connectivity index (χ1v) is 6.13. The van der Waals surface area contributed by atoms with Crippen LogP contribution in [0.4, 0.5) is 0 Å². The summed E-state index contributed by atoms with van der Waals surface area (Å²) in [6.45, 7) is 7.71. The Morgan fingerprint density at radius 1 is 1.27 bits per heavy atom. The molecule has 0 spiro atoms. The average molecular weight is 211 g/mol. The van der Waals surface area contributed by atoms with Gasteiger partial charge in [-0.3, -0.25) is 4.79 Å². The first-order valence-electron chi connectivity index (χ1n) is 6.13. The summed E-state index contributed by atoms with van der Waals surface area (Å²) >= 11 is 0. The van der Waals surface area contributed by atoms with Crippen molar-refractivity contribution in [2.24, 2.45) is 0 Å². The first kappa shape index (κ1) is 14.2. The molecule has 0 rings (SSSR count). The van der Waals surface area contributed by atoms with Crippen molar-refractivity contribution in [2.45, 2.75) is 64.8 Å². The van der Waals surface area contributed by atoms with Gasteiger partial charge in [-0.25, -0.2) is 0 Å². The Morgan fingerprint density at radius 3 is 2.47 bits per heavy atom. The number of carbonyl (C=O) groups is 1. The standard InChI is InChI=1S/C13H25NO/c1-4-6-7-8-9-10-11-12(3)14-13(15)5-2/h5,12H,2,4,6-11H2,1,3H3,(H,14,15). The lowest BCUT2D eigenvalue weighted by atomic mass is 10.1. The highest BCUT2D eigenvalue weighted by Gasteiger charge is 2.03. The topological polar surface area (TPSA) is 29.1 Å². The van der Waals surface area contributed by atoms with E-state index in [-0.39, 0.29) is 11.9 Å². The molecule has 1 atom stereocenters. The Bertz CT molecular complexity index is 177. The lowest BCUT2D eigenvalue weighted by molar-refractivity contribution is -0.117. The van der Waals surface area contributed by atoms with E-state index in [1.54, 1.807) is 0 Å². The fourth-order valence-corrected chi connectivity index (χ4v) is 1.60. The van der Waals surface area contributed by atoms with Crippen molar-refractivity contribution in [3.05, 3.63) is 12.7 Å². The van der Waals surface area contributed by atoms with Gasteiger partial charge < -0.3 is 5.32 Å². The molecule has 1 N–H and O–H groups in total. The molecule has 0 bridgehead atoms. The summed E-state index contributed by atoms with van der Waals surface area (Å²) in [5.74, 6) is -0.0616. The van der Waals surface area contributed by atoms with E-state index in [9.17, 15) is 4.79 Å². The molecule has 0 heterocycles.